The zero-order valence-electron chi connectivity index (χ0n) is 11.2. The molecule has 0 spiro atoms. The van der Waals surface area contributed by atoms with Gasteiger partial charge in [-0.1, -0.05) is 6.07 Å². The number of aliphatic hydroxyl groups is 1. The maximum absolute atomic E-state index is 11.6. The minimum atomic E-state index is -1.19. The Bertz CT molecular complexity index is 533. The number of ether oxygens (including phenoxy) is 2. The van der Waals surface area contributed by atoms with Crippen molar-refractivity contribution in [3.63, 3.8) is 0 Å². The Hall–Kier alpha value is -2.48. The second-order valence-corrected chi connectivity index (χ2v) is 4.42. The summed E-state index contributed by atoms with van der Waals surface area (Å²) in [6.07, 6.45) is -0.0488. The minimum Gasteiger partial charge on any atom is -0.480 e. The number of nitrogens with one attached hydrogen (secondary N) is 2. The lowest BCUT2D eigenvalue weighted by atomic mass is 10.2. The molecule has 0 saturated carbocycles. The van der Waals surface area contributed by atoms with E-state index in [1.165, 1.54) is 0 Å². The number of urea groups is 1. The first-order chi connectivity index (χ1) is 10.1. The Morgan fingerprint density at radius 1 is 1.29 bits per heavy atom. The van der Waals surface area contributed by atoms with Crippen molar-refractivity contribution in [3.05, 3.63) is 23.8 Å². The molecule has 0 saturated heterocycles. The van der Waals surface area contributed by atoms with E-state index in [0.29, 0.717) is 11.5 Å². The van der Waals surface area contributed by atoms with Gasteiger partial charge in [-0.3, -0.25) is 0 Å². The van der Waals surface area contributed by atoms with Crippen LogP contribution in [-0.2, 0) is 11.3 Å². The largest absolute Gasteiger partial charge is 0.480 e. The van der Waals surface area contributed by atoms with Gasteiger partial charge >= 0.3 is 12.0 Å². The number of benzene rings is 1. The van der Waals surface area contributed by atoms with E-state index in [-0.39, 0.29) is 26.4 Å². The number of aliphatic carboxylic acids is 1. The molecule has 1 heterocycles. The number of fused-ring (bicyclic) bond motifs is 1. The van der Waals surface area contributed by atoms with Gasteiger partial charge in [0.25, 0.3) is 0 Å². The number of carbonyl (C=O) groups excluding carboxylic acids is 1. The van der Waals surface area contributed by atoms with Crippen molar-refractivity contribution in [2.75, 3.05) is 13.4 Å². The molecular formula is C13H16N2O6. The standard InChI is InChI=1S/C13H16N2O6/c16-4-3-9(12(17)18)15-13(19)14-6-8-1-2-10-11(5-8)21-7-20-10/h1-2,5,9,16H,3-4,6-7H2,(H,17,18)(H2,14,15,19)/t9-/m1/s1. The summed E-state index contributed by atoms with van der Waals surface area (Å²) in [5.41, 5.74) is 0.795. The fourth-order valence-corrected chi connectivity index (χ4v) is 1.83. The van der Waals surface area contributed by atoms with Crippen LogP contribution in [0.2, 0.25) is 0 Å². The Balaban J connectivity index is 1.84. The molecule has 1 aromatic carbocycles. The van der Waals surface area contributed by atoms with Gasteiger partial charge in [0.05, 0.1) is 0 Å². The molecule has 8 nitrogen and oxygen atoms in total. The van der Waals surface area contributed by atoms with Crippen molar-refractivity contribution in [2.45, 2.75) is 19.0 Å². The predicted molar refractivity (Wildman–Crippen MR) is 71.1 cm³/mol. The monoisotopic (exact) mass is 296 g/mol. The summed E-state index contributed by atoms with van der Waals surface area (Å²) in [7, 11) is 0. The molecule has 114 valence electrons. The molecule has 2 amide bonds. The van der Waals surface area contributed by atoms with Gasteiger partial charge in [0, 0.05) is 19.6 Å². The van der Waals surface area contributed by atoms with Crippen molar-refractivity contribution >= 4 is 12.0 Å². The van der Waals surface area contributed by atoms with Gasteiger partial charge in [0.15, 0.2) is 11.5 Å². The van der Waals surface area contributed by atoms with E-state index in [1.54, 1.807) is 18.2 Å². The molecule has 8 heteroatoms. The van der Waals surface area contributed by atoms with Crippen molar-refractivity contribution in [2.24, 2.45) is 0 Å². The van der Waals surface area contributed by atoms with Crippen molar-refractivity contribution in [1.82, 2.24) is 10.6 Å². The molecular weight excluding hydrogens is 280 g/mol. The number of hydrogen-bond acceptors (Lipinski definition) is 5. The average molecular weight is 296 g/mol. The first kappa shape index (κ1) is 14.9. The van der Waals surface area contributed by atoms with Crippen LogP contribution in [0.1, 0.15) is 12.0 Å². The Labute approximate surface area is 120 Å². The van der Waals surface area contributed by atoms with Crippen molar-refractivity contribution < 1.29 is 29.3 Å². The van der Waals surface area contributed by atoms with Gasteiger partial charge in [-0.05, 0) is 17.7 Å². The summed E-state index contributed by atoms with van der Waals surface area (Å²) in [5.74, 6) is 0.0674. The van der Waals surface area contributed by atoms with Gasteiger partial charge in [-0.2, -0.15) is 0 Å². The number of hydrogen-bond donors (Lipinski definition) is 4. The quantitative estimate of drug-likeness (QED) is 0.589. The molecule has 0 aromatic heterocycles. The van der Waals surface area contributed by atoms with Gasteiger partial charge < -0.3 is 30.3 Å². The van der Waals surface area contributed by atoms with Gasteiger partial charge in [0.1, 0.15) is 6.04 Å². The highest BCUT2D eigenvalue weighted by Crippen LogP contribution is 2.32. The molecule has 4 N–H and O–H groups in total. The van der Waals surface area contributed by atoms with E-state index >= 15 is 0 Å². The third-order valence-electron chi connectivity index (χ3n) is 2.91. The molecule has 21 heavy (non-hydrogen) atoms. The Kier molecular flexibility index (Phi) is 4.83. The second kappa shape index (κ2) is 6.80. The SMILES string of the molecule is O=C(NCc1ccc2c(c1)OCO2)N[C@H](CCO)C(=O)O. The molecule has 0 unspecified atom stereocenters. The van der Waals surface area contributed by atoms with Crippen LogP contribution < -0.4 is 20.1 Å². The third kappa shape index (κ3) is 3.99. The predicted octanol–water partition coefficient (Wildman–Crippen LogP) is 0.0501. The summed E-state index contributed by atoms with van der Waals surface area (Å²) in [4.78, 5) is 22.5. The van der Waals surface area contributed by atoms with Crippen LogP contribution in [0.5, 0.6) is 11.5 Å². The van der Waals surface area contributed by atoms with Crippen LogP contribution in [0, 0.1) is 0 Å². The fraction of sp³-hybridized carbons (Fsp3) is 0.385. The van der Waals surface area contributed by atoms with E-state index in [0.717, 1.165) is 5.56 Å². The van der Waals surface area contributed by atoms with Crippen molar-refractivity contribution in [3.8, 4) is 11.5 Å². The van der Waals surface area contributed by atoms with E-state index in [4.69, 9.17) is 19.7 Å². The summed E-state index contributed by atoms with van der Waals surface area (Å²) in [6.45, 7) is 0.0709. The van der Waals surface area contributed by atoms with Gasteiger partial charge in [-0.15, -0.1) is 0 Å². The summed E-state index contributed by atoms with van der Waals surface area (Å²) >= 11 is 0. The number of carboxylic acids is 1. The molecule has 1 aliphatic heterocycles. The first-order valence-electron chi connectivity index (χ1n) is 6.36. The van der Waals surface area contributed by atoms with Crippen LogP contribution in [0.3, 0.4) is 0 Å². The molecule has 2 rings (SSSR count). The van der Waals surface area contributed by atoms with Crippen LogP contribution in [0.4, 0.5) is 4.79 Å². The number of carbonyl (C=O) groups is 2. The highest BCUT2D eigenvalue weighted by molar-refractivity contribution is 5.82. The topological polar surface area (TPSA) is 117 Å². The maximum Gasteiger partial charge on any atom is 0.326 e. The summed E-state index contributed by atoms with van der Waals surface area (Å²) in [5, 5.41) is 22.4. The Morgan fingerprint density at radius 3 is 2.76 bits per heavy atom. The number of rotatable bonds is 6. The summed E-state index contributed by atoms with van der Waals surface area (Å²) < 4.78 is 10.4. The fourth-order valence-electron chi connectivity index (χ4n) is 1.83. The van der Waals surface area contributed by atoms with E-state index in [9.17, 15) is 9.59 Å². The number of amides is 2. The number of carboxylic acid groups (broad SMARTS) is 1. The molecule has 1 aromatic rings. The zero-order chi connectivity index (χ0) is 15.2. The van der Waals surface area contributed by atoms with Gasteiger partial charge in [0.2, 0.25) is 6.79 Å². The molecule has 0 aliphatic carbocycles. The lowest BCUT2D eigenvalue weighted by Gasteiger charge is -2.14. The van der Waals surface area contributed by atoms with E-state index < -0.39 is 18.0 Å². The highest BCUT2D eigenvalue weighted by Gasteiger charge is 2.19. The summed E-state index contributed by atoms with van der Waals surface area (Å²) in [6, 6.07) is 3.52. The molecule has 0 fully saturated rings. The molecule has 1 atom stereocenters. The zero-order valence-corrected chi connectivity index (χ0v) is 11.2. The average Bonchev–Trinajstić information content (AvgIpc) is 2.92. The normalized spacial score (nSPS) is 13.6. The lowest BCUT2D eigenvalue weighted by Crippen LogP contribution is -2.46. The highest BCUT2D eigenvalue weighted by atomic mass is 16.7. The smallest absolute Gasteiger partial charge is 0.326 e. The van der Waals surface area contributed by atoms with Crippen LogP contribution in [0.25, 0.3) is 0 Å². The lowest BCUT2D eigenvalue weighted by molar-refractivity contribution is -0.139. The first-order valence-corrected chi connectivity index (χ1v) is 6.36. The molecule has 0 bridgehead atoms. The molecule has 1 aliphatic rings. The van der Waals surface area contributed by atoms with Gasteiger partial charge in [-0.25, -0.2) is 9.59 Å². The van der Waals surface area contributed by atoms with Crippen LogP contribution >= 0.6 is 0 Å². The second-order valence-electron chi connectivity index (χ2n) is 4.42. The Morgan fingerprint density at radius 2 is 2.05 bits per heavy atom. The molecule has 0 radical (unpaired) electrons. The van der Waals surface area contributed by atoms with E-state index in [2.05, 4.69) is 10.6 Å². The maximum atomic E-state index is 11.6. The third-order valence-corrected chi connectivity index (χ3v) is 2.91. The number of aliphatic hydroxyl groups excluding tert-OH is 1. The van der Waals surface area contributed by atoms with E-state index in [1.807, 2.05) is 0 Å². The minimum absolute atomic E-state index is 0.0488. The van der Waals surface area contributed by atoms with Crippen LogP contribution in [-0.4, -0.2) is 41.7 Å². The van der Waals surface area contributed by atoms with Crippen molar-refractivity contribution in [1.29, 1.82) is 0 Å². The van der Waals surface area contributed by atoms with Crippen LogP contribution in [0.15, 0.2) is 18.2 Å².